The van der Waals surface area contributed by atoms with E-state index in [1.807, 2.05) is 48.5 Å². The van der Waals surface area contributed by atoms with Crippen LogP contribution in [0.2, 0.25) is 0 Å². The normalized spacial score (nSPS) is 13.3. The van der Waals surface area contributed by atoms with Gasteiger partial charge in [-0.15, -0.1) is 6.58 Å². The third-order valence-electron chi connectivity index (χ3n) is 3.73. The lowest BCUT2D eigenvalue weighted by molar-refractivity contribution is 0.104. The highest BCUT2D eigenvalue weighted by Gasteiger charge is 2.10. The van der Waals surface area contributed by atoms with E-state index < -0.39 is 6.10 Å². The summed E-state index contributed by atoms with van der Waals surface area (Å²) < 4.78 is 5.75. The van der Waals surface area contributed by atoms with Crippen LogP contribution in [0.1, 0.15) is 24.1 Å². The monoisotopic (exact) mass is 311 g/mol. The average molecular weight is 311 g/mol. The number of hydrogen-bond donors (Lipinski definition) is 2. The molecule has 0 unspecified atom stereocenters. The number of hydrogen-bond acceptors (Lipinski definition) is 3. The first kappa shape index (κ1) is 17.3. The van der Waals surface area contributed by atoms with E-state index in [0.717, 1.165) is 17.7 Å². The van der Waals surface area contributed by atoms with Crippen LogP contribution in [0.15, 0.2) is 67.3 Å². The lowest BCUT2D eigenvalue weighted by atomic mass is 10.1. The van der Waals surface area contributed by atoms with Crippen molar-refractivity contribution in [1.29, 1.82) is 0 Å². The summed E-state index contributed by atoms with van der Waals surface area (Å²) in [5.41, 5.74) is 2.29. The van der Waals surface area contributed by atoms with Crippen LogP contribution in [0.4, 0.5) is 0 Å². The van der Waals surface area contributed by atoms with Crippen molar-refractivity contribution in [2.75, 3.05) is 13.2 Å². The van der Waals surface area contributed by atoms with Gasteiger partial charge in [-0.2, -0.15) is 0 Å². The molecule has 3 nitrogen and oxygen atoms in total. The molecule has 0 aliphatic heterocycles. The Morgan fingerprint density at radius 2 is 1.83 bits per heavy atom. The van der Waals surface area contributed by atoms with Crippen molar-refractivity contribution in [3.05, 3.63) is 78.4 Å². The van der Waals surface area contributed by atoms with Crippen molar-refractivity contribution < 1.29 is 9.84 Å². The van der Waals surface area contributed by atoms with Crippen LogP contribution in [0, 0.1) is 0 Å². The fourth-order valence-electron chi connectivity index (χ4n) is 2.39. The predicted octanol–water partition coefficient (Wildman–Crippen LogP) is 3.51. The number of ether oxygens (including phenoxy) is 1. The first-order chi connectivity index (χ1) is 11.2. The van der Waals surface area contributed by atoms with Crippen molar-refractivity contribution in [3.63, 3.8) is 0 Å². The Labute approximate surface area is 138 Å². The van der Waals surface area contributed by atoms with Crippen LogP contribution in [-0.4, -0.2) is 24.4 Å². The average Bonchev–Trinajstić information content (AvgIpc) is 2.60. The molecule has 122 valence electrons. The van der Waals surface area contributed by atoms with Gasteiger partial charge in [-0.3, -0.25) is 0 Å². The molecule has 2 aromatic rings. The van der Waals surface area contributed by atoms with Crippen LogP contribution >= 0.6 is 0 Å². The molecule has 0 saturated carbocycles. The molecule has 0 aromatic heterocycles. The van der Waals surface area contributed by atoms with E-state index in [4.69, 9.17) is 4.74 Å². The minimum Gasteiger partial charge on any atom is -0.491 e. The highest BCUT2D eigenvalue weighted by Crippen LogP contribution is 2.19. The maximum Gasteiger partial charge on any atom is 0.122 e. The van der Waals surface area contributed by atoms with Gasteiger partial charge in [-0.1, -0.05) is 54.6 Å². The van der Waals surface area contributed by atoms with Gasteiger partial charge in [0.2, 0.25) is 0 Å². The van der Waals surface area contributed by atoms with Crippen molar-refractivity contribution in [1.82, 2.24) is 5.32 Å². The van der Waals surface area contributed by atoms with Crippen LogP contribution < -0.4 is 10.1 Å². The number of aliphatic hydroxyl groups excluding tert-OH is 1. The van der Waals surface area contributed by atoms with Gasteiger partial charge in [-0.25, -0.2) is 0 Å². The Hall–Kier alpha value is -2.10. The summed E-state index contributed by atoms with van der Waals surface area (Å²) in [6, 6.07) is 18.2. The van der Waals surface area contributed by atoms with E-state index in [1.165, 1.54) is 5.56 Å². The number of rotatable bonds is 9. The Kier molecular flexibility index (Phi) is 6.85. The molecule has 0 aliphatic carbocycles. The van der Waals surface area contributed by atoms with E-state index in [-0.39, 0.29) is 12.6 Å². The van der Waals surface area contributed by atoms with Crippen molar-refractivity contribution in [3.8, 4) is 5.75 Å². The third-order valence-corrected chi connectivity index (χ3v) is 3.73. The third kappa shape index (κ3) is 5.55. The van der Waals surface area contributed by atoms with Crippen LogP contribution in [0.3, 0.4) is 0 Å². The number of benzene rings is 2. The summed E-state index contributed by atoms with van der Waals surface area (Å²) in [6.45, 7) is 6.59. The second-order valence-corrected chi connectivity index (χ2v) is 5.61. The number of aliphatic hydroxyl groups is 1. The highest BCUT2D eigenvalue weighted by molar-refractivity contribution is 5.34. The molecule has 23 heavy (non-hydrogen) atoms. The molecular formula is C20H25NO2. The molecule has 2 aromatic carbocycles. The zero-order valence-corrected chi connectivity index (χ0v) is 13.6. The Balaban J connectivity index is 1.79. The molecule has 0 aliphatic rings. The molecule has 0 bridgehead atoms. The second-order valence-electron chi connectivity index (χ2n) is 5.61. The molecule has 3 heteroatoms. The van der Waals surface area contributed by atoms with Crippen LogP contribution in [0.25, 0.3) is 0 Å². The predicted molar refractivity (Wildman–Crippen MR) is 94.7 cm³/mol. The number of nitrogens with one attached hydrogen (secondary N) is 1. The lowest BCUT2D eigenvalue weighted by Crippen LogP contribution is -2.33. The van der Waals surface area contributed by atoms with Gasteiger partial charge in [0.15, 0.2) is 0 Å². The molecule has 0 spiro atoms. The van der Waals surface area contributed by atoms with Crippen molar-refractivity contribution >= 4 is 0 Å². The summed E-state index contributed by atoms with van der Waals surface area (Å²) in [5, 5.41) is 13.4. The first-order valence-corrected chi connectivity index (χ1v) is 7.98. The summed E-state index contributed by atoms with van der Waals surface area (Å²) in [7, 11) is 0. The van der Waals surface area contributed by atoms with Crippen molar-refractivity contribution in [2.24, 2.45) is 0 Å². The van der Waals surface area contributed by atoms with Crippen molar-refractivity contribution in [2.45, 2.75) is 25.5 Å². The standard InChI is InChI=1S/C20H25NO2/c1-3-9-18-12-7-8-13-20(18)23-15-19(22)14-21-16(2)17-10-5-4-6-11-17/h3-8,10-13,16,19,21-22H,1,9,14-15H2,2H3/t16-,19+/m1/s1. The minimum absolute atomic E-state index is 0.193. The first-order valence-electron chi connectivity index (χ1n) is 7.98. The molecule has 0 saturated heterocycles. The quantitative estimate of drug-likeness (QED) is 0.696. The van der Waals surface area contributed by atoms with Gasteiger partial charge >= 0.3 is 0 Å². The largest absolute Gasteiger partial charge is 0.491 e. The maximum absolute atomic E-state index is 10.1. The Bertz CT molecular complexity index is 598. The summed E-state index contributed by atoms with van der Waals surface area (Å²) in [4.78, 5) is 0. The van der Waals surface area contributed by atoms with Gasteiger partial charge in [-0.05, 0) is 30.5 Å². The summed E-state index contributed by atoms with van der Waals surface area (Å²) in [6.07, 6.45) is 2.05. The van der Waals surface area contributed by atoms with Gasteiger partial charge in [0.05, 0.1) is 0 Å². The van der Waals surface area contributed by atoms with E-state index in [0.29, 0.717) is 6.54 Å². The lowest BCUT2D eigenvalue weighted by Gasteiger charge is -2.18. The highest BCUT2D eigenvalue weighted by atomic mass is 16.5. The molecule has 0 heterocycles. The molecule has 0 fully saturated rings. The molecule has 0 radical (unpaired) electrons. The van der Waals surface area contributed by atoms with E-state index >= 15 is 0 Å². The van der Waals surface area contributed by atoms with E-state index in [2.05, 4.69) is 31.0 Å². The van der Waals surface area contributed by atoms with Gasteiger partial charge < -0.3 is 15.2 Å². The smallest absolute Gasteiger partial charge is 0.122 e. The van der Waals surface area contributed by atoms with Gasteiger partial charge in [0.1, 0.15) is 18.5 Å². The maximum atomic E-state index is 10.1. The fraction of sp³-hybridized carbons (Fsp3) is 0.300. The molecule has 2 N–H and O–H groups in total. The summed E-state index contributed by atoms with van der Waals surface area (Å²) in [5.74, 6) is 0.808. The van der Waals surface area contributed by atoms with Crippen LogP contribution in [0.5, 0.6) is 5.75 Å². The van der Waals surface area contributed by atoms with Gasteiger partial charge in [0.25, 0.3) is 0 Å². The zero-order chi connectivity index (χ0) is 16.5. The molecule has 0 amide bonds. The number of allylic oxidation sites excluding steroid dienone is 1. The Morgan fingerprint density at radius 1 is 1.13 bits per heavy atom. The van der Waals surface area contributed by atoms with E-state index in [9.17, 15) is 5.11 Å². The topological polar surface area (TPSA) is 41.5 Å². The zero-order valence-electron chi connectivity index (χ0n) is 13.6. The minimum atomic E-state index is -0.557. The van der Waals surface area contributed by atoms with Gasteiger partial charge in [0, 0.05) is 12.6 Å². The molecule has 2 atom stereocenters. The molecular weight excluding hydrogens is 286 g/mol. The Morgan fingerprint density at radius 3 is 2.57 bits per heavy atom. The van der Waals surface area contributed by atoms with Crippen LogP contribution in [-0.2, 0) is 6.42 Å². The molecule has 2 rings (SSSR count). The number of para-hydroxylation sites is 1. The second kappa shape index (κ2) is 9.13. The van der Waals surface area contributed by atoms with E-state index in [1.54, 1.807) is 0 Å². The fourth-order valence-corrected chi connectivity index (χ4v) is 2.39. The SMILES string of the molecule is C=CCc1ccccc1OC[C@@H](O)CN[C@H](C)c1ccccc1. The summed E-state index contributed by atoms with van der Waals surface area (Å²) >= 11 is 0.